The van der Waals surface area contributed by atoms with Crippen molar-refractivity contribution < 1.29 is 18.4 Å². The molecule has 0 aliphatic heterocycles. The first kappa shape index (κ1) is 17.3. The van der Waals surface area contributed by atoms with Crippen molar-refractivity contribution in [3.05, 3.63) is 90.6 Å². The monoisotopic (exact) mass is 383 g/mol. The Balaban J connectivity index is 1.26. The number of rotatable bonds is 5. The molecule has 0 radical (unpaired) electrons. The molecule has 5 nitrogen and oxygen atoms in total. The van der Waals surface area contributed by atoms with Gasteiger partial charge in [0.25, 0.3) is 0 Å². The van der Waals surface area contributed by atoms with E-state index in [1.807, 2.05) is 66.7 Å². The molecule has 0 aliphatic rings. The lowest BCUT2D eigenvalue weighted by molar-refractivity contribution is -0.145. The summed E-state index contributed by atoms with van der Waals surface area (Å²) in [6.07, 6.45) is 1.68. The molecule has 0 bridgehead atoms. The Morgan fingerprint density at radius 2 is 1.72 bits per heavy atom. The lowest BCUT2D eigenvalue weighted by Gasteiger charge is -2.00. The van der Waals surface area contributed by atoms with Crippen LogP contribution in [0.15, 0.2) is 87.8 Å². The van der Waals surface area contributed by atoms with Crippen LogP contribution in [0.4, 0.5) is 0 Å². The molecule has 142 valence electrons. The molecule has 0 saturated carbocycles. The van der Waals surface area contributed by atoms with Crippen LogP contribution in [0, 0.1) is 0 Å². The molecular weight excluding hydrogens is 366 g/mol. The van der Waals surface area contributed by atoms with Gasteiger partial charge in [0.2, 0.25) is 5.89 Å². The van der Waals surface area contributed by atoms with Crippen LogP contribution in [0.5, 0.6) is 0 Å². The van der Waals surface area contributed by atoms with E-state index in [0.717, 1.165) is 27.3 Å². The number of furan rings is 1. The number of ether oxygens (including phenoxy) is 1. The number of oxazole rings is 1. The summed E-state index contributed by atoms with van der Waals surface area (Å²) < 4.78 is 16.8. The van der Waals surface area contributed by atoms with Gasteiger partial charge in [0.05, 0.1) is 6.20 Å². The quantitative estimate of drug-likeness (QED) is 0.374. The zero-order chi connectivity index (χ0) is 19.6. The molecule has 0 atom stereocenters. The van der Waals surface area contributed by atoms with Crippen LogP contribution < -0.4 is 0 Å². The van der Waals surface area contributed by atoms with Gasteiger partial charge in [-0.3, -0.25) is 4.79 Å². The number of carbonyl (C=O) groups excluding carboxylic acids is 1. The Bertz CT molecular complexity index is 1300. The number of nitrogens with zero attached hydrogens (tertiary/aromatic N) is 1. The van der Waals surface area contributed by atoms with Crippen molar-refractivity contribution in [3.63, 3.8) is 0 Å². The largest absolute Gasteiger partial charge is 0.460 e. The summed E-state index contributed by atoms with van der Waals surface area (Å²) in [4.78, 5) is 16.4. The van der Waals surface area contributed by atoms with Crippen molar-refractivity contribution in [1.82, 2.24) is 4.98 Å². The highest BCUT2D eigenvalue weighted by Crippen LogP contribution is 2.28. The third-order valence-corrected chi connectivity index (χ3v) is 4.76. The maximum Gasteiger partial charge on any atom is 0.313 e. The van der Waals surface area contributed by atoms with Gasteiger partial charge in [-0.15, -0.1) is 0 Å². The fourth-order valence-corrected chi connectivity index (χ4v) is 3.38. The molecule has 3 aromatic carbocycles. The number of aromatic nitrogens is 1. The van der Waals surface area contributed by atoms with Crippen LogP contribution >= 0.6 is 0 Å². The molecule has 5 heteroatoms. The average molecular weight is 383 g/mol. The second-order valence-corrected chi connectivity index (χ2v) is 6.73. The summed E-state index contributed by atoms with van der Waals surface area (Å²) in [5.74, 6) is 1.17. The molecule has 0 spiro atoms. The summed E-state index contributed by atoms with van der Waals surface area (Å²) in [6, 6.07) is 23.6. The first-order chi connectivity index (χ1) is 14.3. The highest BCUT2D eigenvalue weighted by atomic mass is 16.5. The predicted octanol–water partition coefficient (Wildman–Crippen LogP) is 5.53. The minimum absolute atomic E-state index is 0.0190. The maximum absolute atomic E-state index is 12.3. The Morgan fingerprint density at radius 1 is 0.897 bits per heavy atom. The van der Waals surface area contributed by atoms with Crippen molar-refractivity contribution in [3.8, 4) is 11.3 Å². The van der Waals surface area contributed by atoms with E-state index in [0.29, 0.717) is 17.4 Å². The number of hydrogen-bond acceptors (Lipinski definition) is 5. The summed E-state index contributed by atoms with van der Waals surface area (Å²) in [7, 11) is 0. The molecule has 29 heavy (non-hydrogen) atoms. The second kappa shape index (κ2) is 7.28. The highest BCUT2D eigenvalue weighted by Gasteiger charge is 2.14. The number of benzene rings is 3. The number of hydrogen-bond donors (Lipinski definition) is 0. The lowest BCUT2D eigenvalue weighted by atomic mass is 10.1. The third kappa shape index (κ3) is 3.50. The molecule has 0 N–H and O–H groups in total. The molecular formula is C24H17NO4. The van der Waals surface area contributed by atoms with Gasteiger partial charge < -0.3 is 13.6 Å². The minimum Gasteiger partial charge on any atom is -0.460 e. The molecule has 0 fully saturated rings. The van der Waals surface area contributed by atoms with Gasteiger partial charge >= 0.3 is 5.97 Å². The van der Waals surface area contributed by atoms with Crippen molar-refractivity contribution in [2.75, 3.05) is 0 Å². The first-order valence-electron chi connectivity index (χ1n) is 9.32. The highest BCUT2D eigenvalue weighted by molar-refractivity contribution is 6.06. The standard InChI is InChI=1S/C24H17NO4/c26-24(27-15-23-25-14-22(29-23)17-7-2-1-3-8-17)13-18-12-20-19-9-5-4-6-16(19)10-11-21(20)28-18/h1-12,14H,13,15H2. The number of carbonyl (C=O) groups is 1. The van der Waals surface area contributed by atoms with Crippen LogP contribution in [0.1, 0.15) is 11.7 Å². The first-order valence-corrected chi connectivity index (χ1v) is 9.32. The molecule has 0 amide bonds. The van der Waals surface area contributed by atoms with Gasteiger partial charge in [-0.1, -0.05) is 60.7 Å². The fraction of sp³-hybridized carbons (Fsp3) is 0.0833. The molecule has 2 heterocycles. The zero-order valence-electron chi connectivity index (χ0n) is 15.5. The van der Waals surface area contributed by atoms with Crippen LogP contribution in [0.2, 0.25) is 0 Å². The van der Waals surface area contributed by atoms with Gasteiger partial charge in [-0.05, 0) is 22.9 Å². The van der Waals surface area contributed by atoms with E-state index in [-0.39, 0.29) is 13.0 Å². The Labute approximate surface area is 166 Å². The van der Waals surface area contributed by atoms with Crippen molar-refractivity contribution in [1.29, 1.82) is 0 Å². The van der Waals surface area contributed by atoms with E-state index in [2.05, 4.69) is 11.1 Å². The van der Waals surface area contributed by atoms with Gasteiger partial charge in [-0.25, -0.2) is 4.98 Å². The minimum atomic E-state index is -0.396. The van der Waals surface area contributed by atoms with E-state index >= 15 is 0 Å². The molecule has 0 aliphatic carbocycles. The van der Waals surface area contributed by atoms with E-state index in [1.54, 1.807) is 6.20 Å². The Kier molecular flexibility index (Phi) is 4.33. The smallest absolute Gasteiger partial charge is 0.313 e. The van der Waals surface area contributed by atoms with Gasteiger partial charge in [-0.2, -0.15) is 0 Å². The summed E-state index contributed by atoms with van der Waals surface area (Å²) in [5, 5.41) is 3.22. The molecule has 2 aromatic heterocycles. The number of esters is 1. The van der Waals surface area contributed by atoms with Crippen molar-refractivity contribution in [2.24, 2.45) is 0 Å². The third-order valence-electron chi connectivity index (χ3n) is 4.76. The van der Waals surface area contributed by atoms with Crippen LogP contribution in [-0.4, -0.2) is 11.0 Å². The molecule has 0 unspecified atom stereocenters. The molecule has 0 saturated heterocycles. The van der Waals surface area contributed by atoms with Gasteiger partial charge in [0.15, 0.2) is 12.4 Å². The zero-order valence-corrected chi connectivity index (χ0v) is 15.5. The second-order valence-electron chi connectivity index (χ2n) is 6.73. The summed E-state index contributed by atoms with van der Waals surface area (Å²) >= 11 is 0. The predicted molar refractivity (Wildman–Crippen MR) is 109 cm³/mol. The van der Waals surface area contributed by atoms with Crippen LogP contribution in [0.3, 0.4) is 0 Å². The Morgan fingerprint density at radius 3 is 2.62 bits per heavy atom. The normalized spacial score (nSPS) is 11.2. The lowest BCUT2D eigenvalue weighted by Crippen LogP contribution is -2.07. The molecule has 5 rings (SSSR count). The van der Waals surface area contributed by atoms with Gasteiger partial charge in [0, 0.05) is 10.9 Å². The topological polar surface area (TPSA) is 65.5 Å². The SMILES string of the molecule is O=C(Cc1cc2c(ccc3ccccc32)o1)OCc1ncc(-c2ccccc2)o1. The fourth-order valence-electron chi connectivity index (χ4n) is 3.38. The average Bonchev–Trinajstić information content (AvgIpc) is 3.40. The number of fused-ring (bicyclic) bond motifs is 3. The van der Waals surface area contributed by atoms with E-state index in [4.69, 9.17) is 13.6 Å². The van der Waals surface area contributed by atoms with E-state index in [9.17, 15) is 4.79 Å². The maximum atomic E-state index is 12.3. The van der Waals surface area contributed by atoms with E-state index < -0.39 is 5.97 Å². The van der Waals surface area contributed by atoms with Crippen LogP contribution in [0.25, 0.3) is 33.1 Å². The molecule has 5 aromatic rings. The van der Waals surface area contributed by atoms with Gasteiger partial charge in [0.1, 0.15) is 17.8 Å². The Hall–Kier alpha value is -3.86. The van der Waals surface area contributed by atoms with Crippen molar-refractivity contribution >= 4 is 27.7 Å². The van der Waals surface area contributed by atoms with Crippen LogP contribution in [-0.2, 0) is 22.6 Å². The summed E-state index contributed by atoms with van der Waals surface area (Å²) in [6.45, 7) is -0.0190. The summed E-state index contributed by atoms with van der Waals surface area (Å²) in [5.41, 5.74) is 1.68. The van der Waals surface area contributed by atoms with E-state index in [1.165, 1.54) is 0 Å². The van der Waals surface area contributed by atoms with Crippen molar-refractivity contribution in [2.45, 2.75) is 13.0 Å².